The summed E-state index contributed by atoms with van der Waals surface area (Å²) in [4.78, 5) is 16.6. The van der Waals surface area contributed by atoms with Crippen LogP contribution in [0.4, 0.5) is 0 Å². The summed E-state index contributed by atoms with van der Waals surface area (Å²) in [5.41, 5.74) is 1.45. The number of nitrogens with zero attached hydrogens (tertiary/aromatic N) is 4. The predicted octanol–water partition coefficient (Wildman–Crippen LogP) is 1.21. The minimum Gasteiger partial charge on any atom is -0.357 e. The second kappa shape index (κ2) is 9.33. The summed E-state index contributed by atoms with van der Waals surface area (Å²) in [6, 6.07) is 14.9. The van der Waals surface area contributed by atoms with E-state index in [1.54, 1.807) is 12.1 Å². The zero-order chi connectivity index (χ0) is 18.9. The van der Waals surface area contributed by atoms with Gasteiger partial charge in [0.15, 0.2) is 17.4 Å². The van der Waals surface area contributed by atoms with Crippen LogP contribution in [0.3, 0.4) is 0 Å². The number of fused-ring (bicyclic) bond motifs is 1. The number of aliphatic imine (C=N–C) groups is 1. The van der Waals surface area contributed by atoms with Crippen molar-refractivity contribution in [3.63, 3.8) is 0 Å². The SMILES string of the molecule is CCNC(=NCc1nnc2ccccn12)NCCNC(=O)c1ccccc1. The van der Waals surface area contributed by atoms with E-state index in [-0.39, 0.29) is 5.91 Å². The van der Waals surface area contributed by atoms with Crippen LogP contribution in [-0.4, -0.2) is 46.1 Å². The number of benzene rings is 1. The summed E-state index contributed by atoms with van der Waals surface area (Å²) in [5, 5.41) is 17.6. The number of amides is 1. The van der Waals surface area contributed by atoms with E-state index in [1.807, 2.05) is 53.9 Å². The second-order valence-corrected chi connectivity index (χ2v) is 5.79. The van der Waals surface area contributed by atoms with Crippen LogP contribution in [0.2, 0.25) is 0 Å². The smallest absolute Gasteiger partial charge is 0.251 e. The molecule has 0 atom stereocenters. The van der Waals surface area contributed by atoms with Crippen LogP contribution in [0, 0.1) is 0 Å². The Bertz CT molecular complexity index is 905. The molecule has 0 aliphatic carbocycles. The molecule has 0 spiro atoms. The zero-order valence-electron chi connectivity index (χ0n) is 15.2. The Morgan fingerprint density at radius 2 is 1.78 bits per heavy atom. The third-order valence-corrected chi connectivity index (χ3v) is 3.85. The van der Waals surface area contributed by atoms with Gasteiger partial charge in [0.2, 0.25) is 0 Å². The first kappa shape index (κ1) is 18.4. The van der Waals surface area contributed by atoms with Gasteiger partial charge in [0.1, 0.15) is 6.54 Å². The molecule has 0 saturated carbocycles. The average Bonchev–Trinajstić information content (AvgIpc) is 3.13. The van der Waals surface area contributed by atoms with Crippen molar-refractivity contribution < 1.29 is 4.79 Å². The van der Waals surface area contributed by atoms with Gasteiger partial charge in [-0.05, 0) is 31.2 Å². The quantitative estimate of drug-likeness (QED) is 0.332. The molecular formula is C19H23N7O. The van der Waals surface area contributed by atoms with E-state index in [0.29, 0.717) is 31.2 Å². The van der Waals surface area contributed by atoms with Crippen molar-refractivity contribution in [2.24, 2.45) is 4.99 Å². The number of carbonyl (C=O) groups is 1. The van der Waals surface area contributed by atoms with Crippen molar-refractivity contribution in [2.45, 2.75) is 13.5 Å². The van der Waals surface area contributed by atoms with E-state index in [0.717, 1.165) is 18.0 Å². The highest BCUT2D eigenvalue weighted by atomic mass is 16.1. The third kappa shape index (κ3) is 5.04. The molecule has 3 aromatic rings. The normalized spacial score (nSPS) is 11.4. The number of aromatic nitrogens is 3. The van der Waals surface area contributed by atoms with E-state index in [1.165, 1.54) is 0 Å². The van der Waals surface area contributed by atoms with E-state index < -0.39 is 0 Å². The van der Waals surface area contributed by atoms with Crippen LogP contribution in [-0.2, 0) is 6.54 Å². The molecule has 8 nitrogen and oxygen atoms in total. The number of pyridine rings is 1. The third-order valence-electron chi connectivity index (χ3n) is 3.85. The van der Waals surface area contributed by atoms with Gasteiger partial charge in [-0.15, -0.1) is 10.2 Å². The molecule has 1 amide bonds. The lowest BCUT2D eigenvalue weighted by atomic mass is 10.2. The van der Waals surface area contributed by atoms with Gasteiger partial charge in [-0.3, -0.25) is 9.20 Å². The minimum absolute atomic E-state index is 0.0886. The van der Waals surface area contributed by atoms with Gasteiger partial charge in [-0.25, -0.2) is 4.99 Å². The molecule has 3 rings (SSSR count). The van der Waals surface area contributed by atoms with Crippen molar-refractivity contribution in [2.75, 3.05) is 19.6 Å². The van der Waals surface area contributed by atoms with Crippen LogP contribution < -0.4 is 16.0 Å². The molecule has 0 saturated heterocycles. The first-order valence-electron chi connectivity index (χ1n) is 8.92. The summed E-state index contributed by atoms with van der Waals surface area (Å²) in [6.07, 6.45) is 1.92. The van der Waals surface area contributed by atoms with Crippen molar-refractivity contribution in [1.82, 2.24) is 30.5 Å². The standard InChI is InChI=1S/C19H23N7O/c1-2-20-19(22-12-11-21-18(27)15-8-4-3-5-9-15)23-14-17-25-24-16-10-6-7-13-26(16)17/h3-10,13H,2,11-12,14H2,1H3,(H,21,27)(H2,20,22,23). The molecule has 27 heavy (non-hydrogen) atoms. The zero-order valence-corrected chi connectivity index (χ0v) is 15.2. The molecule has 0 radical (unpaired) electrons. The van der Waals surface area contributed by atoms with Crippen molar-refractivity contribution in [3.8, 4) is 0 Å². The van der Waals surface area contributed by atoms with Crippen LogP contribution >= 0.6 is 0 Å². The van der Waals surface area contributed by atoms with Crippen LogP contribution in [0.5, 0.6) is 0 Å². The van der Waals surface area contributed by atoms with Crippen LogP contribution in [0.25, 0.3) is 5.65 Å². The molecule has 0 fully saturated rings. The molecule has 0 aliphatic rings. The van der Waals surface area contributed by atoms with E-state index in [4.69, 9.17) is 0 Å². The van der Waals surface area contributed by atoms with Gasteiger partial charge >= 0.3 is 0 Å². The first-order chi connectivity index (χ1) is 13.3. The van der Waals surface area contributed by atoms with Crippen LogP contribution in [0.1, 0.15) is 23.1 Å². The maximum absolute atomic E-state index is 12.0. The number of guanidine groups is 1. The van der Waals surface area contributed by atoms with Gasteiger partial charge in [0, 0.05) is 31.4 Å². The van der Waals surface area contributed by atoms with E-state index in [2.05, 4.69) is 31.1 Å². The van der Waals surface area contributed by atoms with Crippen molar-refractivity contribution in [1.29, 1.82) is 0 Å². The Balaban J connectivity index is 1.51. The summed E-state index contributed by atoms with van der Waals surface area (Å²) < 4.78 is 1.91. The van der Waals surface area contributed by atoms with Crippen molar-refractivity contribution in [3.05, 3.63) is 66.1 Å². The molecule has 0 bridgehead atoms. The maximum atomic E-state index is 12.0. The highest BCUT2D eigenvalue weighted by Crippen LogP contribution is 2.03. The summed E-state index contributed by atoms with van der Waals surface area (Å²) in [6.45, 7) is 4.19. The monoisotopic (exact) mass is 365 g/mol. The highest BCUT2D eigenvalue weighted by Gasteiger charge is 2.05. The van der Waals surface area contributed by atoms with Crippen molar-refractivity contribution >= 4 is 17.5 Å². The molecule has 2 heterocycles. The number of carbonyl (C=O) groups excluding carboxylic acids is 1. The molecule has 3 N–H and O–H groups in total. The fourth-order valence-corrected chi connectivity index (χ4v) is 2.54. The number of hydrogen-bond acceptors (Lipinski definition) is 4. The predicted molar refractivity (Wildman–Crippen MR) is 105 cm³/mol. The molecule has 0 unspecified atom stereocenters. The fourth-order valence-electron chi connectivity index (χ4n) is 2.54. The molecular weight excluding hydrogens is 342 g/mol. The van der Waals surface area contributed by atoms with Gasteiger partial charge in [-0.1, -0.05) is 24.3 Å². The fraction of sp³-hybridized carbons (Fsp3) is 0.263. The van der Waals surface area contributed by atoms with E-state index in [9.17, 15) is 4.79 Å². The van der Waals surface area contributed by atoms with Crippen LogP contribution in [0.15, 0.2) is 59.7 Å². The summed E-state index contributed by atoms with van der Waals surface area (Å²) in [5.74, 6) is 1.34. The summed E-state index contributed by atoms with van der Waals surface area (Å²) in [7, 11) is 0. The van der Waals surface area contributed by atoms with Gasteiger partial charge < -0.3 is 16.0 Å². The topological polar surface area (TPSA) is 95.7 Å². The second-order valence-electron chi connectivity index (χ2n) is 5.79. The lowest BCUT2D eigenvalue weighted by Gasteiger charge is -2.11. The maximum Gasteiger partial charge on any atom is 0.251 e. The summed E-state index contributed by atoms with van der Waals surface area (Å²) >= 11 is 0. The minimum atomic E-state index is -0.0886. The molecule has 2 aromatic heterocycles. The Morgan fingerprint density at radius 3 is 2.59 bits per heavy atom. The largest absolute Gasteiger partial charge is 0.357 e. The van der Waals surface area contributed by atoms with Gasteiger partial charge in [0.25, 0.3) is 5.91 Å². The number of hydrogen-bond donors (Lipinski definition) is 3. The first-order valence-corrected chi connectivity index (χ1v) is 8.92. The lowest BCUT2D eigenvalue weighted by Crippen LogP contribution is -2.41. The Kier molecular flexibility index (Phi) is 6.35. The van der Waals surface area contributed by atoms with Gasteiger partial charge in [0.05, 0.1) is 0 Å². The molecule has 1 aromatic carbocycles. The molecule has 8 heteroatoms. The molecule has 0 aliphatic heterocycles. The molecule has 140 valence electrons. The Hall–Kier alpha value is -3.42. The highest BCUT2D eigenvalue weighted by molar-refractivity contribution is 5.94. The number of rotatable bonds is 7. The Labute approximate surface area is 157 Å². The average molecular weight is 365 g/mol. The number of nitrogens with one attached hydrogen (secondary N) is 3. The lowest BCUT2D eigenvalue weighted by molar-refractivity contribution is 0.0954. The van der Waals surface area contributed by atoms with Gasteiger partial charge in [-0.2, -0.15) is 0 Å². The van der Waals surface area contributed by atoms with E-state index >= 15 is 0 Å². The Morgan fingerprint density at radius 1 is 1.00 bits per heavy atom.